The zero-order valence-electron chi connectivity index (χ0n) is 11.2. The van der Waals surface area contributed by atoms with Crippen LogP contribution < -0.4 is 0 Å². The lowest BCUT2D eigenvalue weighted by molar-refractivity contribution is -0.385. The van der Waals surface area contributed by atoms with Crippen LogP contribution in [0.3, 0.4) is 0 Å². The molecule has 0 aliphatic heterocycles. The first-order chi connectivity index (χ1) is 9.97. The van der Waals surface area contributed by atoms with Crippen LogP contribution in [0.15, 0.2) is 29.8 Å². The third kappa shape index (κ3) is 4.54. The molecular weight excluding hydrogens is 276 g/mol. The Kier molecular flexibility index (Phi) is 5.77. The number of nitro benzene ring substituents is 1. The molecule has 0 fully saturated rings. The SMILES string of the molecule is CC(=O)C(=Cc1ccccc1[N+](=O)[O-])C(=O)OCCC#N. The summed E-state index contributed by atoms with van der Waals surface area (Å²) in [5, 5.41) is 19.3. The first-order valence-electron chi connectivity index (χ1n) is 5.97. The second kappa shape index (κ2) is 7.55. The molecule has 0 radical (unpaired) electrons. The Morgan fingerprint density at radius 1 is 1.43 bits per heavy atom. The molecule has 1 rings (SSSR count). The third-order valence-corrected chi connectivity index (χ3v) is 2.48. The zero-order chi connectivity index (χ0) is 15.8. The van der Waals surface area contributed by atoms with Crippen molar-refractivity contribution in [2.75, 3.05) is 6.61 Å². The van der Waals surface area contributed by atoms with Gasteiger partial charge < -0.3 is 4.74 Å². The molecule has 0 aromatic heterocycles. The van der Waals surface area contributed by atoms with E-state index in [1.54, 1.807) is 12.1 Å². The monoisotopic (exact) mass is 288 g/mol. The molecule has 108 valence electrons. The minimum absolute atomic E-state index is 0.00239. The minimum Gasteiger partial charge on any atom is -0.461 e. The number of hydrogen-bond acceptors (Lipinski definition) is 6. The standard InChI is InChI=1S/C14H12N2O5/c1-10(17)12(14(18)21-8-4-7-15)9-11-5-2-3-6-13(11)16(19)20/h2-3,5-6,9H,4,8H2,1H3. The van der Waals surface area contributed by atoms with Gasteiger partial charge in [0.25, 0.3) is 5.69 Å². The van der Waals surface area contributed by atoms with Crippen LogP contribution in [-0.2, 0) is 14.3 Å². The van der Waals surface area contributed by atoms with Crippen molar-refractivity contribution in [3.63, 3.8) is 0 Å². The van der Waals surface area contributed by atoms with E-state index in [1.807, 2.05) is 0 Å². The summed E-state index contributed by atoms with van der Waals surface area (Å²) < 4.78 is 4.76. The maximum atomic E-state index is 11.8. The van der Waals surface area contributed by atoms with Gasteiger partial charge in [-0.3, -0.25) is 14.9 Å². The lowest BCUT2D eigenvalue weighted by Crippen LogP contribution is -2.14. The van der Waals surface area contributed by atoms with Crippen LogP contribution in [0.1, 0.15) is 18.9 Å². The van der Waals surface area contributed by atoms with Crippen molar-refractivity contribution < 1.29 is 19.2 Å². The van der Waals surface area contributed by atoms with Crippen LogP contribution in [0.2, 0.25) is 0 Å². The van der Waals surface area contributed by atoms with Crippen LogP contribution in [0.25, 0.3) is 6.08 Å². The summed E-state index contributed by atoms with van der Waals surface area (Å²) in [6.07, 6.45) is 1.12. The molecule has 0 N–H and O–H groups in total. The highest BCUT2D eigenvalue weighted by atomic mass is 16.6. The maximum Gasteiger partial charge on any atom is 0.341 e. The van der Waals surface area contributed by atoms with Crippen molar-refractivity contribution in [3.05, 3.63) is 45.5 Å². The molecule has 0 aliphatic carbocycles. The van der Waals surface area contributed by atoms with E-state index in [4.69, 9.17) is 10.00 Å². The van der Waals surface area contributed by atoms with Gasteiger partial charge in [0, 0.05) is 6.07 Å². The van der Waals surface area contributed by atoms with Crippen molar-refractivity contribution in [2.24, 2.45) is 0 Å². The molecule has 0 unspecified atom stereocenters. The summed E-state index contributed by atoms with van der Waals surface area (Å²) in [5.74, 6) is -1.48. The number of ether oxygens (including phenoxy) is 1. The molecular formula is C14H12N2O5. The second-order valence-electron chi connectivity index (χ2n) is 3.97. The molecule has 0 saturated heterocycles. The normalized spacial score (nSPS) is 10.6. The highest BCUT2D eigenvalue weighted by Gasteiger charge is 2.19. The molecule has 7 nitrogen and oxygen atoms in total. The van der Waals surface area contributed by atoms with Crippen LogP contribution in [0, 0.1) is 21.4 Å². The first kappa shape index (κ1) is 16.0. The average Bonchev–Trinajstić information content (AvgIpc) is 2.44. The Hall–Kier alpha value is -3.01. The number of nitro groups is 1. The average molecular weight is 288 g/mol. The number of hydrogen-bond donors (Lipinski definition) is 0. The van der Waals surface area contributed by atoms with Crippen LogP contribution in [0.4, 0.5) is 5.69 Å². The molecule has 0 aliphatic rings. The number of nitriles is 1. The van der Waals surface area contributed by atoms with E-state index in [0.717, 1.165) is 13.0 Å². The Balaban J connectivity index is 3.12. The fourth-order valence-electron chi connectivity index (χ4n) is 1.50. The van der Waals surface area contributed by atoms with E-state index in [0.29, 0.717) is 0 Å². The van der Waals surface area contributed by atoms with E-state index in [1.165, 1.54) is 18.2 Å². The lowest BCUT2D eigenvalue weighted by atomic mass is 10.1. The number of nitrogens with zero attached hydrogens (tertiary/aromatic N) is 2. The lowest BCUT2D eigenvalue weighted by Gasteiger charge is -2.04. The van der Waals surface area contributed by atoms with Gasteiger partial charge in [0.05, 0.1) is 23.0 Å². The Bertz CT molecular complexity index is 643. The quantitative estimate of drug-likeness (QED) is 0.151. The summed E-state index contributed by atoms with van der Waals surface area (Å²) in [7, 11) is 0. The van der Waals surface area contributed by atoms with Crippen LogP contribution in [-0.4, -0.2) is 23.3 Å². The Morgan fingerprint density at radius 2 is 2.10 bits per heavy atom. The molecule has 21 heavy (non-hydrogen) atoms. The number of carbonyl (C=O) groups is 2. The second-order valence-corrected chi connectivity index (χ2v) is 3.97. The number of carbonyl (C=O) groups excluding carboxylic acids is 2. The zero-order valence-corrected chi connectivity index (χ0v) is 11.2. The molecule has 0 bridgehead atoms. The number of esters is 1. The molecule has 0 heterocycles. The summed E-state index contributed by atoms with van der Waals surface area (Å²) in [6.45, 7) is 1.02. The van der Waals surface area contributed by atoms with Gasteiger partial charge in [-0.05, 0) is 19.1 Å². The molecule has 0 saturated carbocycles. The van der Waals surface area contributed by atoms with Crippen molar-refractivity contribution in [3.8, 4) is 6.07 Å². The number of Topliss-reactive ketones (excluding diaryl/α,β-unsaturated/α-hetero) is 1. The van der Waals surface area contributed by atoms with Gasteiger partial charge in [-0.25, -0.2) is 4.79 Å². The first-order valence-corrected chi connectivity index (χ1v) is 5.97. The van der Waals surface area contributed by atoms with Gasteiger partial charge in [0.15, 0.2) is 5.78 Å². The highest BCUT2D eigenvalue weighted by molar-refractivity contribution is 6.20. The predicted molar refractivity (Wildman–Crippen MR) is 72.9 cm³/mol. The van der Waals surface area contributed by atoms with Crippen molar-refractivity contribution in [1.29, 1.82) is 5.26 Å². The minimum atomic E-state index is -0.907. The van der Waals surface area contributed by atoms with Crippen LogP contribution in [0.5, 0.6) is 0 Å². The van der Waals surface area contributed by atoms with E-state index in [2.05, 4.69) is 0 Å². The molecule has 1 aromatic rings. The summed E-state index contributed by atoms with van der Waals surface area (Å²) >= 11 is 0. The van der Waals surface area contributed by atoms with E-state index < -0.39 is 16.7 Å². The van der Waals surface area contributed by atoms with E-state index >= 15 is 0 Å². The molecule has 0 amide bonds. The number of para-hydroxylation sites is 1. The number of benzene rings is 1. The van der Waals surface area contributed by atoms with Gasteiger partial charge in [-0.2, -0.15) is 5.26 Å². The van der Waals surface area contributed by atoms with E-state index in [9.17, 15) is 19.7 Å². The molecule has 7 heteroatoms. The van der Waals surface area contributed by atoms with Gasteiger partial charge in [-0.15, -0.1) is 0 Å². The highest BCUT2D eigenvalue weighted by Crippen LogP contribution is 2.21. The van der Waals surface area contributed by atoms with Crippen molar-refractivity contribution in [1.82, 2.24) is 0 Å². The summed E-state index contributed by atoms with van der Waals surface area (Å²) in [4.78, 5) is 33.5. The summed E-state index contributed by atoms with van der Waals surface area (Å²) in [5.41, 5.74) is -0.395. The van der Waals surface area contributed by atoms with Gasteiger partial charge in [0.2, 0.25) is 0 Å². The third-order valence-electron chi connectivity index (χ3n) is 2.48. The maximum absolute atomic E-state index is 11.8. The molecule has 1 aromatic carbocycles. The van der Waals surface area contributed by atoms with Gasteiger partial charge in [-0.1, -0.05) is 12.1 Å². The topological polar surface area (TPSA) is 110 Å². The largest absolute Gasteiger partial charge is 0.461 e. The van der Waals surface area contributed by atoms with Crippen molar-refractivity contribution in [2.45, 2.75) is 13.3 Å². The number of ketones is 1. The summed E-state index contributed by atoms with van der Waals surface area (Å²) in [6, 6.07) is 7.52. The number of rotatable bonds is 6. The fraction of sp³-hybridized carbons (Fsp3) is 0.214. The fourth-order valence-corrected chi connectivity index (χ4v) is 1.50. The van der Waals surface area contributed by atoms with Crippen LogP contribution >= 0.6 is 0 Å². The molecule has 0 atom stereocenters. The van der Waals surface area contributed by atoms with Gasteiger partial charge in [0.1, 0.15) is 12.2 Å². The molecule has 0 spiro atoms. The predicted octanol–water partition coefficient (Wildman–Crippen LogP) is 2.02. The van der Waals surface area contributed by atoms with Crippen molar-refractivity contribution >= 4 is 23.5 Å². The van der Waals surface area contributed by atoms with E-state index in [-0.39, 0.29) is 29.9 Å². The smallest absolute Gasteiger partial charge is 0.341 e. The Labute approximate surface area is 120 Å². The van der Waals surface area contributed by atoms with Gasteiger partial charge >= 0.3 is 5.97 Å². The Morgan fingerprint density at radius 3 is 2.67 bits per heavy atom.